The van der Waals surface area contributed by atoms with Gasteiger partial charge in [-0.3, -0.25) is 20.0 Å². The molecule has 504 valence electrons. The molecule has 0 aliphatic heterocycles. The van der Waals surface area contributed by atoms with E-state index in [1.807, 2.05) is 363 Å². The number of aromatic nitrogens is 4. The van der Waals surface area contributed by atoms with Crippen LogP contribution in [0.3, 0.4) is 0 Å². The topological polar surface area (TPSA) is 161 Å². The predicted octanol–water partition coefficient (Wildman–Crippen LogP) is 14.4. The van der Waals surface area contributed by atoms with Crippen molar-refractivity contribution < 1.29 is 23.0 Å². The quantitative estimate of drug-likeness (QED) is 0.0191. The fourth-order valence-electron chi connectivity index (χ4n) is 9.41. The Balaban J connectivity index is 0.000000156. The van der Waals surface area contributed by atoms with E-state index in [-0.39, 0.29) is 0 Å². The highest BCUT2D eigenvalue weighted by atomic mass is 16.5. The van der Waals surface area contributed by atoms with Gasteiger partial charge < -0.3 is 31.7 Å². The van der Waals surface area contributed by atoms with Crippen molar-refractivity contribution >= 4 is 93.1 Å². The summed E-state index contributed by atoms with van der Waals surface area (Å²) >= 11 is 0. The Labute approximate surface area is 588 Å². The van der Waals surface area contributed by atoms with Crippen LogP contribution in [0.4, 0.5) is 68.2 Å². The van der Waals surface area contributed by atoms with Crippen LogP contribution in [0.5, 0.6) is 5.75 Å². The fourth-order valence-corrected chi connectivity index (χ4v) is 9.41. The minimum absolute atomic E-state index is 0.757. The molecule has 100 heavy (non-hydrogen) atoms. The SMILES string of the molecule is CN(/N=C/c1cc[n+](C)cc1)c1ccc(NCc2ccccc2)cc1.CN(/N=C/c1cc[n+](C)cc1)c1ccc(Nc2ccc(N)cc2)cc1.CN(/N=C/c1cc[n+](C)cc1)c1ccc(Nc2ccccc2)cc1.COc1ccc(Nc2ccc(N(C)/N=C/c3cc[n+](C)cc3)cc2)cc1. The Kier molecular flexibility index (Phi) is 26.7. The summed E-state index contributed by atoms with van der Waals surface area (Å²) in [5, 5.41) is 38.9. The Bertz CT molecular complexity index is 4470. The van der Waals surface area contributed by atoms with Crippen LogP contribution in [0.1, 0.15) is 27.8 Å². The third-order valence-electron chi connectivity index (χ3n) is 15.5. The lowest BCUT2D eigenvalue weighted by Gasteiger charge is -2.14. The Morgan fingerprint density at radius 1 is 0.320 bits per heavy atom. The molecule has 0 saturated carbocycles. The van der Waals surface area contributed by atoms with Crippen molar-refractivity contribution in [1.82, 2.24) is 0 Å². The number of pyridine rings is 4. The van der Waals surface area contributed by atoms with Crippen LogP contribution >= 0.6 is 0 Å². The third kappa shape index (κ3) is 24.0. The predicted molar refractivity (Wildman–Crippen MR) is 414 cm³/mol. The number of nitrogens with two attached hydrogens (primary N) is 1. The van der Waals surface area contributed by atoms with Gasteiger partial charge in [-0.05, 0) is 163 Å². The monoisotopic (exact) mass is 1330 g/mol. The van der Waals surface area contributed by atoms with Crippen LogP contribution in [-0.2, 0) is 34.7 Å². The Hall–Kier alpha value is -13.0. The first-order valence-electron chi connectivity index (χ1n) is 32.6. The summed E-state index contributed by atoms with van der Waals surface area (Å²) in [4.78, 5) is 0. The largest absolute Gasteiger partial charge is 0.497 e. The number of rotatable bonds is 22. The zero-order chi connectivity index (χ0) is 70.3. The molecule has 12 rings (SSSR count). The van der Waals surface area contributed by atoms with E-state index in [0.29, 0.717) is 0 Å². The van der Waals surface area contributed by atoms with E-state index in [2.05, 4.69) is 102 Å². The molecule has 0 radical (unpaired) electrons. The van der Waals surface area contributed by atoms with E-state index in [9.17, 15) is 0 Å². The van der Waals surface area contributed by atoms with Crippen molar-refractivity contribution in [3.63, 3.8) is 0 Å². The van der Waals surface area contributed by atoms with Gasteiger partial charge in [0.15, 0.2) is 49.6 Å². The van der Waals surface area contributed by atoms with Gasteiger partial charge in [0.05, 0.1) is 54.7 Å². The molecule has 6 N–H and O–H groups in total. The summed E-state index contributed by atoms with van der Waals surface area (Å²) < 4.78 is 13.2. The maximum Gasteiger partial charge on any atom is 0.169 e. The normalized spacial score (nSPS) is 10.8. The standard InChI is InChI=1S/C21H23N4O.C21H23N4.C20H21N5.C20H21N4/c1-24-14-12-17(13-15-24)16-22-25(2)20-8-4-18(5-9-20)23-19-6-10-21(26-3)11-7-19;1-24-14-12-19(13-15-24)17-23-25(2)21-10-8-20(9-11-21)22-16-18-6-4-3-5-7-18;1-24-13-11-16(12-14-24)15-22-25(2)20-9-7-19(8-10-20)23-18-5-3-17(21)4-6-18;1-23-14-12-17(13-15-23)16-21-24(2)20-10-8-19(9-11-20)22-18-6-4-3-5-7-18/h4-16,23H,1-3H3;3-15,17,22H,16H2,1-2H3;3-15,21-22H,1-2H3;3-16,22H,1-2H3/q2*+1;;+1/p+1. The van der Waals surface area contributed by atoms with Gasteiger partial charge in [-0.15, -0.1) is 0 Å². The van der Waals surface area contributed by atoms with Gasteiger partial charge in [0.25, 0.3) is 0 Å². The Morgan fingerprint density at radius 3 is 0.860 bits per heavy atom. The summed E-state index contributed by atoms with van der Waals surface area (Å²) in [6.07, 6.45) is 23.4. The van der Waals surface area contributed by atoms with Crippen LogP contribution in [0.15, 0.2) is 325 Å². The van der Waals surface area contributed by atoms with E-state index in [4.69, 9.17) is 10.5 Å². The maximum absolute atomic E-state index is 5.70. The highest BCUT2D eigenvalue weighted by Crippen LogP contribution is 2.26. The molecule has 4 aromatic heterocycles. The van der Waals surface area contributed by atoms with Crippen LogP contribution in [0.25, 0.3) is 0 Å². The second kappa shape index (κ2) is 37.4. The summed E-state index contributed by atoms with van der Waals surface area (Å²) in [6, 6.07) is 85.0. The van der Waals surface area contributed by atoms with E-state index in [0.717, 1.165) is 103 Å². The molecular formula is C82H89N17O+4. The number of hydrogen-bond acceptors (Lipinski definition) is 14. The van der Waals surface area contributed by atoms with Gasteiger partial charge in [0, 0.05) is 151 Å². The van der Waals surface area contributed by atoms with Crippen molar-refractivity contribution in [2.45, 2.75) is 6.54 Å². The molecule has 0 fully saturated rings. The zero-order valence-corrected chi connectivity index (χ0v) is 58.2. The zero-order valence-electron chi connectivity index (χ0n) is 58.2. The lowest BCUT2D eigenvalue weighted by Crippen LogP contribution is -2.25. The van der Waals surface area contributed by atoms with Crippen LogP contribution < -0.4 is 70.0 Å². The van der Waals surface area contributed by atoms with Crippen molar-refractivity contribution in [3.05, 3.63) is 332 Å². The molecule has 0 amide bonds. The van der Waals surface area contributed by atoms with Crippen molar-refractivity contribution in [2.24, 2.45) is 48.6 Å². The van der Waals surface area contributed by atoms with Gasteiger partial charge >= 0.3 is 0 Å². The second-order valence-corrected chi connectivity index (χ2v) is 23.4. The molecular weight excluding hydrogens is 1240 g/mol. The molecule has 0 saturated heterocycles. The van der Waals surface area contributed by atoms with Crippen molar-refractivity contribution in [2.75, 3.05) is 82.3 Å². The number of hydrazone groups is 4. The molecule has 8 aromatic carbocycles. The second-order valence-electron chi connectivity index (χ2n) is 23.4. The van der Waals surface area contributed by atoms with Crippen molar-refractivity contribution in [3.8, 4) is 5.75 Å². The summed E-state index contributed by atoms with van der Waals surface area (Å²) in [7, 11) is 17.4. The van der Waals surface area contributed by atoms with Gasteiger partial charge in [-0.2, -0.15) is 20.4 Å². The molecule has 0 atom stereocenters. The van der Waals surface area contributed by atoms with Crippen LogP contribution in [0.2, 0.25) is 0 Å². The lowest BCUT2D eigenvalue weighted by atomic mass is 10.2. The number of benzene rings is 8. The smallest absolute Gasteiger partial charge is 0.169 e. The summed E-state index contributed by atoms with van der Waals surface area (Å²) in [6.45, 7) is 0.819. The number of aryl methyl sites for hydroxylation is 4. The lowest BCUT2D eigenvalue weighted by molar-refractivity contribution is -0.671. The van der Waals surface area contributed by atoms with Crippen LogP contribution in [-0.4, -0.2) is 60.2 Å². The molecule has 18 nitrogen and oxygen atoms in total. The molecule has 0 aliphatic rings. The summed E-state index contributed by atoms with van der Waals surface area (Å²) in [5.41, 5.74) is 23.4. The summed E-state index contributed by atoms with van der Waals surface area (Å²) in [5.74, 6) is 0.845. The average Bonchev–Trinajstić information content (AvgIpc) is 0.901. The van der Waals surface area contributed by atoms with Gasteiger partial charge in [0.2, 0.25) is 0 Å². The third-order valence-corrected chi connectivity index (χ3v) is 15.5. The number of anilines is 12. The number of ether oxygens (including phenoxy) is 1. The molecule has 12 aromatic rings. The Morgan fingerprint density at radius 2 is 0.570 bits per heavy atom. The minimum Gasteiger partial charge on any atom is -0.497 e. The number of nitrogen functional groups attached to an aromatic ring is 1. The highest BCUT2D eigenvalue weighted by molar-refractivity contribution is 5.82. The molecule has 0 unspecified atom stereocenters. The first kappa shape index (κ1) is 71.3. The van der Waals surface area contributed by atoms with E-state index < -0.39 is 0 Å². The van der Waals surface area contributed by atoms with Crippen molar-refractivity contribution in [1.29, 1.82) is 0 Å². The number of nitrogens with zero attached hydrogens (tertiary/aromatic N) is 12. The molecule has 0 spiro atoms. The molecule has 4 heterocycles. The average molecular weight is 1330 g/mol. The molecule has 0 bridgehead atoms. The minimum atomic E-state index is 0.757. The first-order chi connectivity index (χ1) is 48.6. The van der Waals surface area contributed by atoms with Crippen LogP contribution in [0, 0.1) is 0 Å². The van der Waals surface area contributed by atoms with Gasteiger partial charge in [0.1, 0.15) is 33.9 Å². The molecule has 0 aliphatic carbocycles. The number of hydrogen-bond donors (Lipinski definition) is 5. The molecule has 18 heteroatoms. The maximum atomic E-state index is 5.70. The highest BCUT2D eigenvalue weighted by Gasteiger charge is 2.06. The van der Waals surface area contributed by atoms with E-state index >= 15 is 0 Å². The number of methoxy groups -OCH3 is 1. The number of para-hydroxylation sites is 1. The number of nitrogens with one attached hydrogen (secondary N) is 4. The van der Waals surface area contributed by atoms with Gasteiger partial charge in [-0.1, -0.05) is 48.5 Å². The fraction of sp³-hybridized carbons (Fsp3) is 0.122. The van der Waals surface area contributed by atoms with E-state index in [1.165, 1.54) is 5.56 Å². The first-order valence-corrected chi connectivity index (χ1v) is 32.6. The van der Waals surface area contributed by atoms with E-state index in [1.54, 1.807) is 7.11 Å². The van der Waals surface area contributed by atoms with Gasteiger partial charge in [-0.25, -0.2) is 18.3 Å².